The van der Waals surface area contributed by atoms with E-state index in [4.69, 9.17) is 4.98 Å². The molecule has 0 aromatic carbocycles. The van der Waals surface area contributed by atoms with Crippen LogP contribution in [0.5, 0.6) is 0 Å². The molecule has 3 nitrogen and oxygen atoms in total. The fraction of sp³-hybridized carbons (Fsp3) is 0.471. The second-order valence-corrected chi connectivity index (χ2v) is 6.68. The predicted octanol–water partition coefficient (Wildman–Crippen LogP) is 3.68. The largest absolute Gasteiger partial charge is 0.349 e. The van der Waals surface area contributed by atoms with Crippen molar-refractivity contribution in [1.29, 1.82) is 0 Å². The molecule has 2 aromatic rings. The minimum Gasteiger partial charge on any atom is -0.349 e. The molecule has 0 amide bonds. The molecule has 0 radical (unpaired) electrons. The molecule has 3 rings (SSSR count). The molecule has 0 saturated carbocycles. The average molecular weight is 301 g/mol. The van der Waals surface area contributed by atoms with E-state index >= 15 is 0 Å². The number of hydrogen-bond donors (Lipinski definition) is 1. The van der Waals surface area contributed by atoms with Crippen molar-refractivity contribution < 1.29 is 0 Å². The third-order valence-electron chi connectivity index (χ3n) is 4.24. The first-order valence-electron chi connectivity index (χ1n) is 7.70. The van der Waals surface area contributed by atoms with E-state index in [1.54, 1.807) is 4.88 Å². The summed E-state index contributed by atoms with van der Waals surface area (Å²) in [4.78, 5) is 8.74. The predicted molar refractivity (Wildman–Crippen MR) is 90.1 cm³/mol. The Morgan fingerprint density at radius 3 is 3.10 bits per heavy atom. The van der Waals surface area contributed by atoms with Gasteiger partial charge in [0.05, 0.1) is 6.04 Å². The number of aromatic nitrogens is 1. The number of fused-ring (bicyclic) bond motifs is 1. The van der Waals surface area contributed by atoms with Crippen LogP contribution in [-0.4, -0.2) is 18.1 Å². The van der Waals surface area contributed by atoms with Crippen LogP contribution in [0.3, 0.4) is 0 Å². The number of anilines is 1. The summed E-state index contributed by atoms with van der Waals surface area (Å²) in [5.74, 6) is 1.14. The number of pyridine rings is 1. The Morgan fingerprint density at radius 2 is 2.33 bits per heavy atom. The van der Waals surface area contributed by atoms with E-state index in [1.165, 1.54) is 16.7 Å². The molecule has 1 unspecified atom stereocenters. The van der Waals surface area contributed by atoms with Crippen molar-refractivity contribution in [3.63, 3.8) is 0 Å². The summed E-state index contributed by atoms with van der Waals surface area (Å²) in [6.07, 6.45) is 3.15. The van der Waals surface area contributed by atoms with Crippen LogP contribution in [-0.2, 0) is 13.0 Å². The Hall–Kier alpha value is -1.39. The minimum absolute atomic E-state index is 0.422. The topological polar surface area (TPSA) is 28.2 Å². The van der Waals surface area contributed by atoms with E-state index in [-0.39, 0.29) is 0 Å². The molecule has 4 heteroatoms. The standard InChI is InChI=1S/C17H23N3S/c1-4-18-10-14-9-12(2)17(19-11-14)20-7-5-16-15(13(20)3)6-8-21-16/h6,8-9,11,13,18H,4-5,7,10H2,1-3H3. The summed E-state index contributed by atoms with van der Waals surface area (Å²) in [5.41, 5.74) is 4.01. The van der Waals surface area contributed by atoms with Gasteiger partial charge in [-0.05, 0) is 61.0 Å². The molecule has 112 valence electrons. The Balaban J connectivity index is 1.84. The number of aryl methyl sites for hydroxylation is 1. The second-order valence-electron chi connectivity index (χ2n) is 5.68. The Bertz CT molecular complexity index is 620. The van der Waals surface area contributed by atoms with Crippen LogP contribution < -0.4 is 10.2 Å². The molecule has 3 heterocycles. The fourth-order valence-electron chi connectivity index (χ4n) is 3.09. The normalized spacial score (nSPS) is 17.9. The van der Waals surface area contributed by atoms with Crippen molar-refractivity contribution >= 4 is 17.2 Å². The van der Waals surface area contributed by atoms with Gasteiger partial charge in [0.2, 0.25) is 0 Å². The van der Waals surface area contributed by atoms with Crippen LogP contribution in [0.25, 0.3) is 0 Å². The second kappa shape index (κ2) is 6.16. The van der Waals surface area contributed by atoms with E-state index in [0.717, 1.165) is 31.9 Å². The first-order valence-corrected chi connectivity index (χ1v) is 8.57. The van der Waals surface area contributed by atoms with Gasteiger partial charge in [0.25, 0.3) is 0 Å². The average Bonchev–Trinajstić information content (AvgIpc) is 2.96. The van der Waals surface area contributed by atoms with Crippen molar-refractivity contribution in [2.24, 2.45) is 0 Å². The first-order chi connectivity index (χ1) is 10.2. The number of nitrogens with zero attached hydrogens (tertiary/aromatic N) is 2. The molecule has 2 aromatic heterocycles. The third-order valence-corrected chi connectivity index (χ3v) is 5.23. The van der Waals surface area contributed by atoms with E-state index in [9.17, 15) is 0 Å². The highest BCUT2D eigenvalue weighted by atomic mass is 32.1. The summed E-state index contributed by atoms with van der Waals surface area (Å²) in [6.45, 7) is 9.54. The highest BCUT2D eigenvalue weighted by Gasteiger charge is 2.26. The summed E-state index contributed by atoms with van der Waals surface area (Å²) >= 11 is 1.89. The lowest BCUT2D eigenvalue weighted by atomic mass is 10.0. The van der Waals surface area contributed by atoms with E-state index in [2.05, 4.69) is 48.5 Å². The first kappa shape index (κ1) is 14.5. The summed E-state index contributed by atoms with van der Waals surface area (Å²) in [5, 5.41) is 5.57. The molecule has 0 aliphatic carbocycles. The van der Waals surface area contributed by atoms with Crippen LogP contribution in [0.2, 0.25) is 0 Å². The number of hydrogen-bond acceptors (Lipinski definition) is 4. The smallest absolute Gasteiger partial charge is 0.131 e. The monoisotopic (exact) mass is 301 g/mol. The minimum atomic E-state index is 0.422. The molecule has 0 saturated heterocycles. The molecule has 1 N–H and O–H groups in total. The van der Waals surface area contributed by atoms with E-state index in [1.807, 2.05) is 17.5 Å². The highest BCUT2D eigenvalue weighted by Crippen LogP contribution is 2.36. The lowest BCUT2D eigenvalue weighted by Gasteiger charge is -2.35. The summed E-state index contributed by atoms with van der Waals surface area (Å²) in [6, 6.07) is 4.96. The van der Waals surface area contributed by atoms with Gasteiger partial charge in [-0.25, -0.2) is 4.98 Å². The van der Waals surface area contributed by atoms with Gasteiger partial charge in [-0.15, -0.1) is 11.3 Å². The molecule has 1 atom stereocenters. The highest BCUT2D eigenvalue weighted by molar-refractivity contribution is 7.10. The summed E-state index contributed by atoms with van der Waals surface area (Å²) < 4.78 is 0. The van der Waals surface area contributed by atoms with Gasteiger partial charge >= 0.3 is 0 Å². The molecule has 0 bridgehead atoms. The maximum absolute atomic E-state index is 4.75. The molecule has 1 aliphatic rings. The van der Waals surface area contributed by atoms with Crippen molar-refractivity contribution in [2.45, 2.75) is 39.8 Å². The molecular formula is C17H23N3S. The van der Waals surface area contributed by atoms with Gasteiger partial charge in [0.15, 0.2) is 0 Å². The van der Waals surface area contributed by atoms with Crippen LogP contribution in [0.15, 0.2) is 23.7 Å². The zero-order valence-electron chi connectivity index (χ0n) is 13.0. The van der Waals surface area contributed by atoms with Crippen molar-refractivity contribution in [2.75, 3.05) is 18.0 Å². The number of nitrogens with one attached hydrogen (secondary N) is 1. The van der Waals surface area contributed by atoms with Crippen LogP contribution in [0.1, 0.15) is 41.5 Å². The van der Waals surface area contributed by atoms with Crippen molar-refractivity contribution in [1.82, 2.24) is 10.3 Å². The Labute approximate surface area is 131 Å². The Morgan fingerprint density at radius 1 is 1.48 bits per heavy atom. The van der Waals surface area contributed by atoms with Gasteiger partial charge in [0.1, 0.15) is 5.82 Å². The van der Waals surface area contributed by atoms with Crippen LogP contribution in [0, 0.1) is 6.92 Å². The number of rotatable bonds is 4. The lowest BCUT2D eigenvalue weighted by Crippen LogP contribution is -2.34. The molecular weight excluding hydrogens is 278 g/mol. The zero-order chi connectivity index (χ0) is 14.8. The van der Waals surface area contributed by atoms with Crippen molar-refractivity contribution in [3.8, 4) is 0 Å². The maximum Gasteiger partial charge on any atom is 0.131 e. The molecule has 1 aliphatic heterocycles. The molecule has 0 fully saturated rings. The molecule has 0 spiro atoms. The third kappa shape index (κ3) is 2.83. The van der Waals surface area contributed by atoms with E-state index < -0.39 is 0 Å². The van der Waals surface area contributed by atoms with Gasteiger partial charge in [-0.2, -0.15) is 0 Å². The van der Waals surface area contributed by atoms with Crippen LogP contribution in [0.4, 0.5) is 5.82 Å². The Kier molecular flexibility index (Phi) is 4.27. The van der Waals surface area contributed by atoms with Gasteiger partial charge < -0.3 is 10.2 Å². The van der Waals surface area contributed by atoms with Gasteiger partial charge in [-0.3, -0.25) is 0 Å². The fourth-order valence-corrected chi connectivity index (χ4v) is 4.05. The van der Waals surface area contributed by atoms with Crippen molar-refractivity contribution in [3.05, 3.63) is 45.3 Å². The van der Waals surface area contributed by atoms with Gasteiger partial charge in [0, 0.05) is 24.2 Å². The quantitative estimate of drug-likeness (QED) is 0.933. The zero-order valence-corrected chi connectivity index (χ0v) is 13.8. The summed E-state index contributed by atoms with van der Waals surface area (Å²) in [7, 11) is 0. The lowest BCUT2D eigenvalue weighted by molar-refractivity contribution is 0.622. The van der Waals surface area contributed by atoms with Gasteiger partial charge in [-0.1, -0.05) is 6.92 Å². The number of thiophene rings is 1. The van der Waals surface area contributed by atoms with E-state index in [0.29, 0.717) is 6.04 Å². The SMILES string of the molecule is CCNCc1cnc(N2CCc3sccc3C2C)c(C)c1. The van der Waals surface area contributed by atoms with Crippen LogP contribution >= 0.6 is 11.3 Å². The molecule has 21 heavy (non-hydrogen) atoms. The maximum atomic E-state index is 4.75.